The van der Waals surface area contributed by atoms with E-state index in [4.69, 9.17) is 4.74 Å². The summed E-state index contributed by atoms with van der Waals surface area (Å²) in [6.45, 7) is 10.9. The van der Waals surface area contributed by atoms with Crippen molar-refractivity contribution in [2.24, 2.45) is 5.92 Å². The predicted octanol–water partition coefficient (Wildman–Crippen LogP) is 5.16. The second kappa shape index (κ2) is 8.42. The molecule has 1 N–H and O–H groups in total. The molecule has 5 nitrogen and oxygen atoms in total. The van der Waals surface area contributed by atoms with Crippen molar-refractivity contribution in [3.8, 4) is 0 Å². The summed E-state index contributed by atoms with van der Waals surface area (Å²) in [4.78, 5) is 26.4. The molecule has 1 heterocycles. The zero-order valence-electron chi connectivity index (χ0n) is 16.3. The molecule has 2 rings (SSSR count). The summed E-state index contributed by atoms with van der Waals surface area (Å²) in [6, 6.07) is 6.02. The summed E-state index contributed by atoms with van der Waals surface area (Å²) < 4.78 is 6.29. The van der Waals surface area contributed by atoms with Crippen molar-refractivity contribution in [1.29, 1.82) is 0 Å². The number of likely N-dealkylation sites (tertiary alicyclic amines) is 1. The molecule has 1 aromatic carbocycles. The molecule has 2 amide bonds. The zero-order chi connectivity index (χ0) is 19.5. The lowest BCUT2D eigenvalue weighted by Gasteiger charge is -2.33. The first-order chi connectivity index (χ1) is 12.1. The first-order valence-electron chi connectivity index (χ1n) is 9.15. The molecule has 0 atom stereocenters. The third-order valence-corrected chi connectivity index (χ3v) is 5.09. The largest absolute Gasteiger partial charge is 0.444 e. The Kier molecular flexibility index (Phi) is 6.72. The number of hydrogen-bond acceptors (Lipinski definition) is 3. The highest BCUT2D eigenvalue weighted by Crippen LogP contribution is 2.28. The smallest absolute Gasteiger partial charge is 0.410 e. The molecule has 6 heteroatoms. The number of nitrogens with zero attached hydrogens (tertiary/aromatic N) is 1. The fourth-order valence-corrected chi connectivity index (χ4v) is 3.37. The second-order valence-electron chi connectivity index (χ2n) is 8.12. The van der Waals surface area contributed by atoms with Crippen LogP contribution in [0, 0.1) is 5.92 Å². The van der Waals surface area contributed by atoms with Gasteiger partial charge in [-0.3, -0.25) is 4.79 Å². The lowest BCUT2D eigenvalue weighted by molar-refractivity contribution is -0.121. The maximum atomic E-state index is 12.6. The van der Waals surface area contributed by atoms with Gasteiger partial charge in [0, 0.05) is 23.5 Å². The van der Waals surface area contributed by atoms with Crippen molar-refractivity contribution < 1.29 is 14.3 Å². The monoisotopic (exact) mass is 424 g/mol. The van der Waals surface area contributed by atoms with Gasteiger partial charge in [0.1, 0.15) is 5.60 Å². The molecule has 1 aliphatic rings. The fraction of sp³-hybridized carbons (Fsp3) is 0.600. The van der Waals surface area contributed by atoms with E-state index in [2.05, 4.69) is 35.1 Å². The van der Waals surface area contributed by atoms with Crippen LogP contribution in [0.25, 0.3) is 0 Å². The number of nitrogens with one attached hydrogen (secondary N) is 1. The normalized spacial score (nSPS) is 15.9. The summed E-state index contributed by atoms with van der Waals surface area (Å²) in [5, 5.41) is 3.01. The van der Waals surface area contributed by atoms with Crippen LogP contribution >= 0.6 is 15.9 Å². The van der Waals surface area contributed by atoms with Gasteiger partial charge in [0.05, 0.1) is 5.69 Å². The van der Waals surface area contributed by atoms with Gasteiger partial charge >= 0.3 is 6.09 Å². The van der Waals surface area contributed by atoms with Crippen LogP contribution in [0.3, 0.4) is 0 Å². The molecule has 1 saturated heterocycles. The van der Waals surface area contributed by atoms with E-state index in [1.807, 2.05) is 39.0 Å². The van der Waals surface area contributed by atoms with Crippen molar-refractivity contribution in [3.63, 3.8) is 0 Å². The lowest BCUT2D eigenvalue weighted by atomic mass is 9.96. The Morgan fingerprint density at radius 1 is 1.23 bits per heavy atom. The van der Waals surface area contributed by atoms with Crippen molar-refractivity contribution in [2.75, 3.05) is 18.4 Å². The van der Waals surface area contributed by atoms with Gasteiger partial charge in [-0.25, -0.2) is 4.79 Å². The van der Waals surface area contributed by atoms with E-state index in [-0.39, 0.29) is 17.9 Å². The van der Waals surface area contributed by atoms with E-state index in [9.17, 15) is 9.59 Å². The number of hydrogen-bond donors (Lipinski definition) is 1. The second-order valence-corrected chi connectivity index (χ2v) is 8.98. The quantitative estimate of drug-likeness (QED) is 0.728. The number of anilines is 1. The molecule has 0 spiro atoms. The fourth-order valence-electron chi connectivity index (χ4n) is 2.88. The van der Waals surface area contributed by atoms with Gasteiger partial charge in [0.15, 0.2) is 0 Å². The predicted molar refractivity (Wildman–Crippen MR) is 107 cm³/mol. The number of amides is 2. The number of piperidine rings is 1. The highest BCUT2D eigenvalue weighted by Gasteiger charge is 2.30. The van der Waals surface area contributed by atoms with Gasteiger partial charge in [0.2, 0.25) is 5.91 Å². The Hall–Kier alpha value is -1.56. The van der Waals surface area contributed by atoms with E-state index in [0.29, 0.717) is 31.8 Å². The van der Waals surface area contributed by atoms with Crippen molar-refractivity contribution in [3.05, 3.63) is 28.2 Å². The van der Waals surface area contributed by atoms with Crippen LogP contribution < -0.4 is 5.32 Å². The molecule has 0 saturated carbocycles. The maximum Gasteiger partial charge on any atom is 0.410 e. The molecule has 0 aromatic heterocycles. The number of carbonyl (C=O) groups excluding carboxylic acids is 2. The summed E-state index contributed by atoms with van der Waals surface area (Å²) in [5.74, 6) is 0.352. The number of rotatable bonds is 3. The third kappa shape index (κ3) is 5.73. The van der Waals surface area contributed by atoms with Crippen molar-refractivity contribution >= 4 is 33.6 Å². The first kappa shape index (κ1) is 20.7. The third-order valence-electron chi connectivity index (χ3n) is 4.44. The minimum Gasteiger partial charge on any atom is -0.444 e. The van der Waals surface area contributed by atoms with Crippen LogP contribution in [0.2, 0.25) is 0 Å². The molecule has 1 aromatic rings. The van der Waals surface area contributed by atoms with Crippen molar-refractivity contribution in [2.45, 2.75) is 59.0 Å². The molecule has 1 aliphatic heterocycles. The Labute approximate surface area is 164 Å². The molecule has 144 valence electrons. The molecule has 0 bridgehead atoms. The molecule has 0 aliphatic carbocycles. The molecular weight excluding hydrogens is 396 g/mol. The minimum atomic E-state index is -0.500. The molecule has 1 fully saturated rings. The van der Waals surface area contributed by atoms with Crippen LogP contribution in [-0.2, 0) is 9.53 Å². The van der Waals surface area contributed by atoms with Gasteiger partial charge < -0.3 is 15.0 Å². The standard InChI is InChI=1S/C20H29BrN2O3/c1-13(2)15-6-7-17(16(21)12-15)22-18(24)14-8-10-23(11-9-14)19(25)26-20(3,4)5/h6-7,12-14H,8-11H2,1-5H3,(H,22,24). The number of halogens is 1. The highest BCUT2D eigenvalue weighted by molar-refractivity contribution is 9.10. The van der Waals surface area contributed by atoms with Gasteiger partial charge in [0.25, 0.3) is 0 Å². The van der Waals surface area contributed by atoms with E-state index < -0.39 is 5.60 Å². The molecular formula is C20H29BrN2O3. The molecule has 0 unspecified atom stereocenters. The van der Waals surface area contributed by atoms with Gasteiger partial charge in [-0.1, -0.05) is 19.9 Å². The van der Waals surface area contributed by atoms with E-state index in [0.717, 1.165) is 10.2 Å². The van der Waals surface area contributed by atoms with Crippen LogP contribution in [0.5, 0.6) is 0 Å². The summed E-state index contributed by atoms with van der Waals surface area (Å²) >= 11 is 3.54. The molecule has 26 heavy (non-hydrogen) atoms. The number of ether oxygens (including phenoxy) is 1. The summed E-state index contributed by atoms with van der Waals surface area (Å²) in [6.07, 6.45) is 0.989. The Bertz CT molecular complexity index is 660. The van der Waals surface area contributed by atoms with Crippen LogP contribution in [-0.4, -0.2) is 35.6 Å². The average molecular weight is 425 g/mol. The van der Waals surface area contributed by atoms with Crippen molar-refractivity contribution in [1.82, 2.24) is 4.90 Å². The van der Waals surface area contributed by atoms with Crippen LogP contribution in [0.1, 0.15) is 58.9 Å². The maximum absolute atomic E-state index is 12.6. The van der Waals surface area contributed by atoms with Gasteiger partial charge in [-0.15, -0.1) is 0 Å². The number of benzene rings is 1. The summed E-state index contributed by atoms with van der Waals surface area (Å²) in [5.41, 5.74) is 1.51. The topological polar surface area (TPSA) is 58.6 Å². The Balaban J connectivity index is 1.90. The van der Waals surface area contributed by atoms with Crippen LogP contribution in [0.15, 0.2) is 22.7 Å². The summed E-state index contributed by atoms with van der Waals surface area (Å²) in [7, 11) is 0. The van der Waals surface area contributed by atoms with E-state index >= 15 is 0 Å². The lowest BCUT2D eigenvalue weighted by Crippen LogP contribution is -2.43. The van der Waals surface area contributed by atoms with Gasteiger partial charge in [-0.2, -0.15) is 0 Å². The van der Waals surface area contributed by atoms with E-state index in [1.54, 1.807) is 4.90 Å². The van der Waals surface area contributed by atoms with E-state index in [1.165, 1.54) is 5.56 Å². The Morgan fingerprint density at radius 3 is 2.35 bits per heavy atom. The molecule has 0 radical (unpaired) electrons. The number of carbonyl (C=O) groups is 2. The minimum absolute atomic E-state index is 0.00633. The zero-order valence-corrected chi connectivity index (χ0v) is 17.9. The SMILES string of the molecule is CC(C)c1ccc(NC(=O)C2CCN(C(=O)OC(C)(C)C)CC2)c(Br)c1. The highest BCUT2D eigenvalue weighted by atomic mass is 79.9. The van der Waals surface area contributed by atoms with Gasteiger partial charge in [-0.05, 0) is 73.2 Å². The Morgan fingerprint density at radius 2 is 1.85 bits per heavy atom. The first-order valence-corrected chi connectivity index (χ1v) is 9.94. The van der Waals surface area contributed by atoms with Crippen LogP contribution in [0.4, 0.5) is 10.5 Å². The average Bonchev–Trinajstić information content (AvgIpc) is 2.55.